The van der Waals surface area contributed by atoms with E-state index in [-0.39, 0.29) is 5.91 Å². The first-order chi connectivity index (χ1) is 10.3. The molecule has 0 aromatic heterocycles. The zero-order chi connectivity index (χ0) is 14.4. The molecule has 2 aromatic carbocycles. The highest BCUT2D eigenvalue weighted by Crippen LogP contribution is 2.41. The van der Waals surface area contributed by atoms with Crippen LogP contribution in [-0.2, 0) is 22.7 Å². The van der Waals surface area contributed by atoms with E-state index < -0.39 is 0 Å². The predicted octanol–water partition coefficient (Wildman–Crippen LogP) is 2.50. The summed E-state index contributed by atoms with van der Waals surface area (Å²) >= 11 is 0. The lowest BCUT2D eigenvalue weighted by Crippen LogP contribution is -2.05. The zero-order valence-corrected chi connectivity index (χ0v) is 11.3. The van der Waals surface area contributed by atoms with Gasteiger partial charge in [-0.2, -0.15) is 0 Å². The summed E-state index contributed by atoms with van der Waals surface area (Å²) in [6.07, 6.45) is 0. The molecule has 0 atom stereocenters. The summed E-state index contributed by atoms with van der Waals surface area (Å²) < 4.78 is 5.81. The molecule has 0 aliphatic carbocycles. The van der Waals surface area contributed by atoms with Crippen LogP contribution in [0.3, 0.4) is 0 Å². The molecule has 2 aromatic rings. The summed E-state index contributed by atoms with van der Waals surface area (Å²) in [6, 6.07) is 13.7. The molecule has 0 saturated heterocycles. The highest BCUT2D eigenvalue weighted by molar-refractivity contribution is 6.36. The van der Waals surface area contributed by atoms with E-state index in [1.165, 1.54) is 0 Å². The van der Waals surface area contributed by atoms with Crippen LogP contribution in [0.4, 0.5) is 5.69 Å². The van der Waals surface area contributed by atoms with Crippen LogP contribution in [-0.4, -0.2) is 5.91 Å². The lowest BCUT2D eigenvalue weighted by atomic mass is 9.99. The minimum atomic E-state index is -0.109. The minimum Gasteiger partial charge on any atom is -0.487 e. The number of para-hydroxylation sites is 1. The van der Waals surface area contributed by atoms with Crippen LogP contribution in [0.25, 0.3) is 11.3 Å². The Kier molecular flexibility index (Phi) is 2.59. The molecule has 0 spiro atoms. The first-order valence-electron chi connectivity index (χ1n) is 6.88. The van der Waals surface area contributed by atoms with Gasteiger partial charge in [0.2, 0.25) is 0 Å². The van der Waals surface area contributed by atoms with Gasteiger partial charge in [0.1, 0.15) is 12.4 Å². The van der Waals surface area contributed by atoms with Crippen molar-refractivity contribution in [3.63, 3.8) is 0 Å². The molecular formula is C17H14N2O2. The number of hydrogen-bond donors (Lipinski definition) is 2. The van der Waals surface area contributed by atoms with Crippen molar-refractivity contribution in [1.29, 1.82) is 0 Å². The fourth-order valence-corrected chi connectivity index (χ4v) is 2.89. The van der Waals surface area contributed by atoms with Crippen molar-refractivity contribution in [3.05, 3.63) is 64.7 Å². The number of benzene rings is 2. The number of nitrogens with one attached hydrogen (secondary N) is 1. The van der Waals surface area contributed by atoms with Gasteiger partial charge in [-0.3, -0.25) is 4.79 Å². The molecule has 0 radical (unpaired) electrons. The first-order valence-corrected chi connectivity index (χ1v) is 6.88. The maximum absolute atomic E-state index is 12.3. The van der Waals surface area contributed by atoms with Crippen LogP contribution in [0.1, 0.15) is 22.3 Å². The smallest absolute Gasteiger partial charge is 0.260 e. The Hall–Kier alpha value is -2.59. The van der Waals surface area contributed by atoms with Gasteiger partial charge in [-0.05, 0) is 11.6 Å². The van der Waals surface area contributed by atoms with Crippen molar-refractivity contribution in [2.75, 3.05) is 5.32 Å². The van der Waals surface area contributed by atoms with E-state index in [0.717, 1.165) is 27.9 Å². The standard InChI is InChI=1S/C17H14N2O2/c18-8-10-5-6-12-11(7-10)9-21-16(12)15-13-3-1-2-4-14(13)19-17(15)20/h1-7H,8-9,18H2,(H,19,20)/b16-15+. The number of ether oxygens (including phenoxy) is 1. The van der Waals surface area contributed by atoms with Gasteiger partial charge in [-0.25, -0.2) is 0 Å². The Bertz CT molecular complexity index is 793. The second-order valence-electron chi connectivity index (χ2n) is 5.19. The molecule has 2 aliphatic rings. The van der Waals surface area contributed by atoms with Crippen LogP contribution >= 0.6 is 0 Å². The van der Waals surface area contributed by atoms with Crippen molar-refractivity contribution in [2.45, 2.75) is 13.2 Å². The summed E-state index contributed by atoms with van der Waals surface area (Å²) in [5.74, 6) is 0.554. The number of anilines is 1. The molecule has 0 saturated carbocycles. The van der Waals surface area contributed by atoms with E-state index in [9.17, 15) is 4.79 Å². The molecule has 2 heterocycles. The minimum absolute atomic E-state index is 0.109. The van der Waals surface area contributed by atoms with Gasteiger partial charge in [0.25, 0.3) is 5.91 Å². The second kappa shape index (κ2) is 4.46. The van der Waals surface area contributed by atoms with Gasteiger partial charge in [0.15, 0.2) is 0 Å². The summed E-state index contributed by atoms with van der Waals surface area (Å²) in [5.41, 5.74) is 11.1. The normalized spacial score (nSPS) is 19.0. The molecule has 21 heavy (non-hydrogen) atoms. The van der Waals surface area contributed by atoms with E-state index in [2.05, 4.69) is 5.32 Å². The first kappa shape index (κ1) is 12.2. The van der Waals surface area contributed by atoms with Gasteiger partial charge in [0.05, 0.1) is 5.57 Å². The third-order valence-electron chi connectivity index (χ3n) is 3.92. The fraction of sp³-hybridized carbons (Fsp3) is 0.118. The molecule has 4 heteroatoms. The Morgan fingerprint density at radius 2 is 2.00 bits per heavy atom. The second-order valence-corrected chi connectivity index (χ2v) is 5.19. The van der Waals surface area contributed by atoms with E-state index in [0.29, 0.717) is 24.5 Å². The molecule has 104 valence electrons. The number of rotatable bonds is 1. The van der Waals surface area contributed by atoms with Gasteiger partial charge in [-0.15, -0.1) is 0 Å². The van der Waals surface area contributed by atoms with Crippen LogP contribution in [0.5, 0.6) is 0 Å². The number of carbonyl (C=O) groups is 1. The monoisotopic (exact) mass is 278 g/mol. The highest BCUT2D eigenvalue weighted by atomic mass is 16.5. The van der Waals surface area contributed by atoms with Crippen molar-refractivity contribution in [1.82, 2.24) is 0 Å². The number of carbonyl (C=O) groups excluding carboxylic acids is 1. The lowest BCUT2D eigenvalue weighted by molar-refractivity contribution is -0.110. The average Bonchev–Trinajstić information content (AvgIpc) is 3.06. The molecule has 2 aliphatic heterocycles. The molecular weight excluding hydrogens is 264 g/mol. The molecule has 0 bridgehead atoms. The summed E-state index contributed by atoms with van der Waals surface area (Å²) in [4.78, 5) is 12.3. The molecule has 0 fully saturated rings. The van der Waals surface area contributed by atoms with Crippen molar-refractivity contribution in [2.24, 2.45) is 5.73 Å². The molecule has 3 N–H and O–H groups in total. The maximum atomic E-state index is 12.3. The van der Waals surface area contributed by atoms with E-state index in [1.54, 1.807) is 0 Å². The predicted molar refractivity (Wildman–Crippen MR) is 81.0 cm³/mol. The Morgan fingerprint density at radius 3 is 2.86 bits per heavy atom. The summed E-state index contributed by atoms with van der Waals surface area (Å²) in [7, 11) is 0. The fourth-order valence-electron chi connectivity index (χ4n) is 2.89. The third-order valence-corrected chi connectivity index (χ3v) is 3.92. The molecule has 0 unspecified atom stereocenters. The van der Waals surface area contributed by atoms with Gasteiger partial charge < -0.3 is 15.8 Å². The lowest BCUT2D eigenvalue weighted by Gasteiger charge is -2.05. The largest absolute Gasteiger partial charge is 0.487 e. The Morgan fingerprint density at radius 1 is 1.14 bits per heavy atom. The van der Waals surface area contributed by atoms with E-state index in [4.69, 9.17) is 10.5 Å². The van der Waals surface area contributed by atoms with Crippen LogP contribution < -0.4 is 11.1 Å². The van der Waals surface area contributed by atoms with Crippen LogP contribution in [0.2, 0.25) is 0 Å². The van der Waals surface area contributed by atoms with Crippen molar-refractivity contribution in [3.8, 4) is 0 Å². The van der Waals surface area contributed by atoms with Gasteiger partial charge in [0, 0.05) is 28.9 Å². The van der Waals surface area contributed by atoms with Crippen LogP contribution in [0.15, 0.2) is 42.5 Å². The molecule has 1 amide bonds. The number of amides is 1. The zero-order valence-electron chi connectivity index (χ0n) is 11.3. The summed E-state index contributed by atoms with van der Waals surface area (Å²) in [6.45, 7) is 0.986. The van der Waals surface area contributed by atoms with Gasteiger partial charge in [-0.1, -0.05) is 36.4 Å². The summed E-state index contributed by atoms with van der Waals surface area (Å²) in [5, 5.41) is 2.88. The Balaban J connectivity index is 1.91. The quantitative estimate of drug-likeness (QED) is 0.788. The average molecular weight is 278 g/mol. The number of hydrogen-bond acceptors (Lipinski definition) is 3. The highest BCUT2D eigenvalue weighted by Gasteiger charge is 2.32. The van der Waals surface area contributed by atoms with Crippen molar-refractivity contribution < 1.29 is 9.53 Å². The van der Waals surface area contributed by atoms with Crippen molar-refractivity contribution >= 4 is 22.9 Å². The molecule has 4 nitrogen and oxygen atoms in total. The van der Waals surface area contributed by atoms with E-state index in [1.807, 2.05) is 42.5 Å². The molecule has 4 rings (SSSR count). The number of fused-ring (bicyclic) bond motifs is 2. The third kappa shape index (κ3) is 1.76. The SMILES string of the molecule is NCc1ccc2c(c1)CO/C2=C1/C(=O)Nc2ccccc21. The maximum Gasteiger partial charge on any atom is 0.260 e. The Labute approximate surface area is 122 Å². The van der Waals surface area contributed by atoms with E-state index >= 15 is 0 Å². The van der Waals surface area contributed by atoms with Gasteiger partial charge >= 0.3 is 0 Å². The topological polar surface area (TPSA) is 64.3 Å². The number of nitrogens with two attached hydrogens (primary N) is 1. The van der Waals surface area contributed by atoms with Crippen LogP contribution in [0, 0.1) is 0 Å².